The van der Waals surface area contributed by atoms with E-state index in [0.717, 1.165) is 30.8 Å². The van der Waals surface area contributed by atoms with Gasteiger partial charge in [0.05, 0.1) is 0 Å². The third kappa shape index (κ3) is 1.60. The molecule has 3 aromatic rings. The van der Waals surface area contributed by atoms with E-state index in [1.807, 2.05) is 36.4 Å². The monoisotopic (exact) mass is 410 g/mol. The van der Waals surface area contributed by atoms with Gasteiger partial charge in [0, 0.05) is 25.5 Å². The molecule has 4 nitrogen and oxygen atoms in total. The van der Waals surface area contributed by atoms with Crippen molar-refractivity contribution in [3.63, 3.8) is 0 Å². The second kappa shape index (κ2) is 4.61. The molecule has 2 aromatic carbocycles. The Kier molecular flexibility index (Phi) is 2.80. The van der Waals surface area contributed by atoms with Crippen LogP contribution in [0.15, 0.2) is 33.2 Å². The largest absolute Gasteiger partial charge is 0.232 e. The number of benzene rings is 2. The number of halogens is 2. The number of fused-ring (bicyclic) bond motifs is 3. The minimum absolute atomic E-state index is 0.0501. The van der Waals surface area contributed by atoms with Crippen molar-refractivity contribution < 1.29 is 0 Å². The van der Waals surface area contributed by atoms with Crippen LogP contribution in [0.4, 0.5) is 0 Å². The molecule has 1 aliphatic carbocycles. The Labute approximate surface area is 142 Å². The molecule has 0 amide bonds. The second-order valence-electron chi connectivity index (χ2n) is 4.78. The van der Waals surface area contributed by atoms with E-state index in [-0.39, 0.29) is 11.4 Å². The first-order valence-electron chi connectivity index (χ1n) is 6.29. The summed E-state index contributed by atoms with van der Waals surface area (Å²) in [6.45, 7) is 0. The predicted molar refractivity (Wildman–Crippen MR) is 88.8 cm³/mol. The zero-order valence-electron chi connectivity index (χ0n) is 10.9. The zero-order valence-corrected chi connectivity index (χ0v) is 14.0. The Balaban J connectivity index is 2.26. The highest BCUT2D eigenvalue weighted by atomic mass is 79.9. The van der Waals surface area contributed by atoms with E-state index in [1.54, 1.807) is 0 Å². The number of aromatic nitrogens is 2. The molecular formula is C16H4Br2N4. The molecule has 4 rings (SSSR count). The number of nitrogens with zero attached hydrogens (tertiary/aromatic N) is 4. The van der Waals surface area contributed by atoms with Crippen LogP contribution in [0.3, 0.4) is 0 Å². The fraction of sp³-hybridized carbons (Fsp3) is 0. The SMILES string of the molecule is N#Cc1nc2c(nc1C#N)-c1c(Br)ccc3ccc(Br)c-2c13. The maximum Gasteiger partial charge on any atom is 0.177 e. The van der Waals surface area contributed by atoms with E-state index in [0.29, 0.717) is 11.4 Å². The van der Waals surface area contributed by atoms with Crippen LogP contribution in [0.2, 0.25) is 0 Å². The van der Waals surface area contributed by atoms with Crippen molar-refractivity contribution in [2.45, 2.75) is 0 Å². The van der Waals surface area contributed by atoms with E-state index in [1.165, 1.54) is 0 Å². The molecule has 102 valence electrons. The topological polar surface area (TPSA) is 73.4 Å². The highest BCUT2D eigenvalue weighted by Gasteiger charge is 2.29. The number of rotatable bonds is 0. The van der Waals surface area contributed by atoms with Gasteiger partial charge in [0.2, 0.25) is 0 Å². The van der Waals surface area contributed by atoms with Crippen molar-refractivity contribution >= 4 is 42.6 Å². The van der Waals surface area contributed by atoms with Crippen LogP contribution in [-0.4, -0.2) is 9.97 Å². The van der Waals surface area contributed by atoms with Gasteiger partial charge in [-0.25, -0.2) is 9.97 Å². The lowest BCUT2D eigenvalue weighted by Gasteiger charge is -2.04. The summed E-state index contributed by atoms with van der Waals surface area (Å²) >= 11 is 7.11. The van der Waals surface area contributed by atoms with Crippen LogP contribution in [-0.2, 0) is 0 Å². The quantitative estimate of drug-likeness (QED) is 0.425. The molecule has 0 radical (unpaired) electrons. The van der Waals surface area contributed by atoms with Crippen molar-refractivity contribution in [1.82, 2.24) is 9.97 Å². The van der Waals surface area contributed by atoms with Gasteiger partial charge in [-0.3, -0.25) is 0 Å². The summed E-state index contributed by atoms with van der Waals surface area (Å²) in [5.41, 5.74) is 3.20. The fourth-order valence-corrected chi connectivity index (χ4v) is 3.81. The third-order valence-corrected chi connectivity index (χ3v) is 4.99. The first-order chi connectivity index (χ1) is 10.7. The van der Waals surface area contributed by atoms with Gasteiger partial charge in [-0.05, 0) is 17.5 Å². The molecule has 0 unspecified atom stereocenters. The van der Waals surface area contributed by atoms with Crippen molar-refractivity contribution in [3.05, 3.63) is 44.6 Å². The van der Waals surface area contributed by atoms with Gasteiger partial charge in [-0.2, -0.15) is 10.5 Å². The zero-order chi connectivity index (χ0) is 15.4. The van der Waals surface area contributed by atoms with Gasteiger partial charge in [-0.1, -0.05) is 44.0 Å². The summed E-state index contributed by atoms with van der Waals surface area (Å²) in [4.78, 5) is 8.77. The maximum atomic E-state index is 9.19. The van der Waals surface area contributed by atoms with E-state index in [4.69, 9.17) is 0 Å². The molecule has 0 atom stereocenters. The lowest BCUT2D eigenvalue weighted by atomic mass is 10.0. The summed E-state index contributed by atoms with van der Waals surface area (Å²) in [7, 11) is 0. The average molecular weight is 412 g/mol. The molecule has 1 heterocycles. The lowest BCUT2D eigenvalue weighted by Crippen LogP contribution is -1.98. The lowest BCUT2D eigenvalue weighted by molar-refractivity contribution is 1.15. The van der Waals surface area contributed by atoms with Gasteiger partial charge in [0.25, 0.3) is 0 Å². The van der Waals surface area contributed by atoms with E-state index in [2.05, 4.69) is 41.8 Å². The molecule has 22 heavy (non-hydrogen) atoms. The molecule has 0 saturated heterocycles. The summed E-state index contributed by atoms with van der Waals surface area (Å²) in [6.07, 6.45) is 0. The summed E-state index contributed by atoms with van der Waals surface area (Å²) in [5, 5.41) is 20.5. The van der Waals surface area contributed by atoms with Gasteiger partial charge in [0.1, 0.15) is 23.5 Å². The smallest absolute Gasteiger partial charge is 0.177 e. The number of nitriles is 2. The molecule has 0 fully saturated rings. The molecule has 0 aliphatic heterocycles. The summed E-state index contributed by atoms with van der Waals surface area (Å²) in [6, 6.07) is 11.8. The Morgan fingerprint density at radius 3 is 1.64 bits per heavy atom. The summed E-state index contributed by atoms with van der Waals surface area (Å²) in [5.74, 6) is 0. The second-order valence-corrected chi connectivity index (χ2v) is 6.49. The molecule has 0 spiro atoms. The number of hydrogen-bond acceptors (Lipinski definition) is 4. The molecule has 1 aromatic heterocycles. The molecule has 0 N–H and O–H groups in total. The minimum atomic E-state index is 0.0501. The predicted octanol–water partition coefficient (Wildman–Crippen LogP) is 4.55. The van der Waals surface area contributed by atoms with E-state index < -0.39 is 0 Å². The third-order valence-electron chi connectivity index (χ3n) is 3.67. The molecule has 0 bridgehead atoms. The highest BCUT2D eigenvalue weighted by molar-refractivity contribution is 9.11. The number of hydrogen-bond donors (Lipinski definition) is 0. The van der Waals surface area contributed by atoms with Gasteiger partial charge in [0.15, 0.2) is 11.4 Å². The van der Waals surface area contributed by atoms with Crippen LogP contribution in [0.1, 0.15) is 11.4 Å². The van der Waals surface area contributed by atoms with Gasteiger partial charge >= 0.3 is 0 Å². The maximum absolute atomic E-state index is 9.19. The summed E-state index contributed by atoms with van der Waals surface area (Å²) < 4.78 is 1.78. The molecule has 0 saturated carbocycles. The first-order valence-corrected chi connectivity index (χ1v) is 7.88. The van der Waals surface area contributed by atoms with Crippen LogP contribution in [0, 0.1) is 22.7 Å². The standard InChI is InChI=1S/C16H4Br2N4/c17-8-3-1-7-2-4-9(18)14-12(7)13(8)15-16(14)22-11(6-20)10(5-19)21-15/h1-4H. The Bertz CT molecular complexity index is 993. The van der Waals surface area contributed by atoms with Crippen LogP contribution in [0.25, 0.3) is 33.3 Å². The van der Waals surface area contributed by atoms with Gasteiger partial charge in [-0.15, -0.1) is 0 Å². The molecular weight excluding hydrogens is 408 g/mol. The Morgan fingerprint density at radius 1 is 0.773 bits per heavy atom. The minimum Gasteiger partial charge on any atom is -0.232 e. The van der Waals surface area contributed by atoms with Crippen LogP contribution >= 0.6 is 31.9 Å². The van der Waals surface area contributed by atoms with Gasteiger partial charge < -0.3 is 0 Å². The van der Waals surface area contributed by atoms with Crippen molar-refractivity contribution in [3.8, 4) is 34.7 Å². The van der Waals surface area contributed by atoms with Crippen LogP contribution in [0.5, 0.6) is 0 Å². The Morgan fingerprint density at radius 2 is 1.23 bits per heavy atom. The highest BCUT2D eigenvalue weighted by Crippen LogP contribution is 2.51. The fourth-order valence-electron chi connectivity index (χ4n) is 2.77. The Hall–Kier alpha value is -2.28. The van der Waals surface area contributed by atoms with Crippen LogP contribution < -0.4 is 0 Å². The average Bonchev–Trinajstić information content (AvgIpc) is 2.88. The van der Waals surface area contributed by atoms with Crippen molar-refractivity contribution in [2.24, 2.45) is 0 Å². The normalized spacial score (nSPS) is 11.1. The molecule has 6 heteroatoms. The molecule has 1 aliphatic rings. The van der Waals surface area contributed by atoms with E-state index in [9.17, 15) is 10.5 Å². The van der Waals surface area contributed by atoms with E-state index >= 15 is 0 Å². The first kappa shape index (κ1) is 13.4. The van der Waals surface area contributed by atoms with Crippen molar-refractivity contribution in [1.29, 1.82) is 10.5 Å². The van der Waals surface area contributed by atoms with Crippen molar-refractivity contribution in [2.75, 3.05) is 0 Å².